The van der Waals surface area contributed by atoms with Crippen LogP contribution < -0.4 is 4.90 Å². The van der Waals surface area contributed by atoms with Gasteiger partial charge in [-0.15, -0.1) is 0 Å². The summed E-state index contributed by atoms with van der Waals surface area (Å²) >= 11 is 0. The van der Waals surface area contributed by atoms with Crippen LogP contribution in [0.5, 0.6) is 0 Å². The summed E-state index contributed by atoms with van der Waals surface area (Å²) in [6, 6.07) is 67.9. The minimum atomic E-state index is -0.478. The van der Waals surface area contributed by atoms with Crippen molar-refractivity contribution < 1.29 is 0 Å². The Kier molecular flexibility index (Phi) is 8.88. The van der Waals surface area contributed by atoms with Crippen molar-refractivity contribution in [2.45, 2.75) is 108 Å². The normalized spacial score (nSPS) is 18.1. The van der Waals surface area contributed by atoms with Gasteiger partial charge in [-0.25, -0.2) is 0 Å². The fraction of sp³-hybridized carbons (Fsp3) is 0.262. The summed E-state index contributed by atoms with van der Waals surface area (Å²) < 4.78 is 0. The first-order chi connectivity index (χ1) is 31.7. The zero-order chi connectivity index (χ0) is 45.4. The van der Waals surface area contributed by atoms with Crippen molar-refractivity contribution in [3.05, 3.63) is 220 Å². The van der Waals surface area contributed by atoms with Crippen LogP contribution >= 0.6 is 0 Å². The molecule has 0 N–H and O–H groups in total. The quantitative estimate of drug-likeness (QED) is 0.167. The van der Waals surface area contributed by atoms with E-state index < -0.39 is 5.41 Å². The van der Waals surface area contributed by atoms with E-state index in [1.807, 2.05) is 0 Å². The summed E-state index contributed by atoms with van der Waals surface area (Å²) in [5, 5.41) is 0. The molecule has 4 aliphatic rings. The average molecular weight is 856 g/mol. The Labute approximate surface area is 393 Å². The molecule has 0 fully saturated rings. The number of rotatable bonds is 5. The molecule has 8 aromatic rings. The molecule has 0 bridgehead atoms. The van der Waals surface area contributed by atoms with Crippen molar-refractivity contribution in [2.24, 2.45) is 0 Å². The van der Waals surface area contributed by atoms with Gasteiger partial charge in [0, 0.05) is 16.9 Å². The van der Waals surface area contributed by atoms with Gasteiger partial charge in [0.15, 0.2) is 0 Å². The molecule has 0 atom stereocenters. The van der Waals surface area contributed by atoms with Crippen LogP contribution in [0.3, 0.4) is 0 Å². The second kappa shape index (κ2) is 14.3. The van der Waals surface area contributed by atoms with Crippen molar-refractivity contribution in [3.63, 3.8) is 0 Å². The topological polar surface area (TPSA) is 3.24 Å². The van der Waals surface area contributed by atoms with Crippen molar-refractivity contribution >= 4 is 17.1 Å². The number of anilines is 3. The molecule has 66 heavy (non-hydrogen) atoms. The molecule has 12 rings (SSSR count). The SMILES string of the molecule is CC1(C)CCC(C)(C)c2cc(N(c3ccc(-c4ccccc4)cc3)c3cc4c(cc3-c3cccc5c3C(C)(C)CCC5(C)C)-c3ccccc3C43c4ccccc4-c4ccccc43)ccc21. The molecule has 1 spiro atoms. The number of fused-ring (bicyclic) bond motifs is 12. The molecule has 0 saturated heterocycles. The molecule has 0 unspecified atom stereocenters. The van der Waals surface area contributed by atoms with Gasteiger partial charge in [0.25, 0.3) is 0 Å². The van der Waals surface area contributed by atoms with Crippen molar-refractivity contribution in [2.75, 3.05) is 4.90 Å². The van der Waals surface area contributed by atoms with Crippen molar-refractivity contribution in [3.8, 4) is 44.5 Å². The largest absolute Gasteiger partial charge is 0.310 e. The molecule has 326 valence electrons. The van der Waals surface area contributed by atoms with E-state index in [-0.39, 0.29) is 21.7 Å². The van der Waals surface area contributed by atoms with Gasteiger partial charge in [-0.2, -0.15) is 0 Å². The minimum Gasteiger partial charge on any atom is -0.310 e. The predicted molar refractivity (Wildman–Crippen MR) is 279 cm³/mol. The summed E-state index contributed by atoms with van der Waals surface area (Å²) in [7, 11) is 0. The lowest BCUT2D eigenvalue weighted by Crippen LogP contribution is -2.34. The van der Waals surface area contributed by atoms with E-state index in [4.69, 9.17) is 0 Å². The van der Waals surface area contributed by atoms with Gasteiger partial charge in [0.05, 0.1) is 11.1 Å². The van der Waals surface area contributed by atoms with Crippen LogP contribution in [0.25, 0.3) is 44.5 Å². The third-order valence-corrected chi connectivity index (χ3v) is 16.8. The second-order valence-corrected chi connectivity index (χ2v) is 22.5. The van der Waals surface area contributed by atoms with E-state index in [1.54, 1.807) is 0 Å². The molecule has 0 radical (unpaired) electrons. The highest BCUT2D eigenvalue weighted by molar-refractivity contribution is 6.00. The van der Waals surface area contributed by atoms with E-state index >= 15 is 0 Å². The lowest BCUT2D eigenvalue weighted by atomic mass is 9.61. The van der Waals surface area contributed by atoms with Crippen LogP contribution in [0.1, 0.15) is 126 Å². The zero-order valence-electron chi connectivity index (χ0n) is 40.0. The fourth-order valence-electron chi connectivity index (χ4n) is 13.1. The summed E-state index contributed by atoms with van der Waals surface area (Å²) in [6.45, 7) is 19.7. The zero-order valence-corrected chi connectivity index (χ0v) is 40.0. The van der Waals surface area contributed by atoms with Crippen LogP contribution in [0.2, 0.25) is 0 Å². The van der Waals surface area contributed by atoms with Gasteiger partial charge in [0.2, 0.25) is 0 Å². The number of benzene rings is 8. The Bertz CT molecular complexity index is 3200. The predicted octanol–water partition coefficient (Wildman–Crippen LogP) is 17.5. The maximum atomic E-state index is 2.64. The highest BCUT2D eigenvalue weighted by atomic mass is 15.1. The van der Waals surface area contributed by atoms with E-state index in [0.717, 1.165) is 18.5 Å². The van der Waals surface area contributed by atoms with E-state index in [1.165, 1.54) is 113 Å². The van der Waals surface area contributed by atoms with Gasteiger partial charge >= 0.3 is 0 Å². The van der Waals surface area contributed by atoms with Crippen LogP contribution in [0.15, 0.2) is 176 Å². The molecule has 1 heteroatoms. The highest BCUT2D eigenvalue weighted by Gasteiger charge is 2.52. The third-order valence-electron chi connectivity index (χ3n) is 16.8. The molecule has 8 aromatic carbocycles. The minimum absolute atomic E-state index is 0.0101. The number of hydrogen-bond donors (Lipinski definition) is 0. The molecule has 0 saturated carbocycles. The first kappa shape index (κ1) is 41.0. The third kappa shape index (κ3) is 5.84. The summed E-state index contributed by atoms with van der Waals surface area (Å²) in [4.78, 5) is 2.63. The molecule has 1 nitrogen and oxygen atoms in total. The van der Waals surface area contributed by atoms with Gasteiger partial charge < -0.3 is 4.90 Å². The molecular weight excluding hydrogens is 795 g/mol. The fourth-order valence-corrected chi connectivity index (χ4v) is 13.1. The summed E-state index contributed by atoms with van der Waals surface area (Å²) in [6.07, 6.45) is 4.66. The summed E-state index contributed by atoms with van der Waals surface area (Å²) in [5.74, 6) is 0. The van der Waals surface area contributed by atoms with Crippen molar-refractivity contribution in [1.29, 1.82) is 0 Å². The van der Waals surface area contributed by atoms with Gasteiger partial charge in [0.1, 0.15) is 0 Å². The van der Waals surface area contributed by atoms with Gasteiger partial charge in [-0.05, 0) is 167 Å². The van der Waals surface area contributed by atoms with Gasteiger partial charge in [-0.3, -0.25) is 0 Å². The summed E-state index contributed by atoms with van der Waals surface area (Å²) in [5.41, 5.74) is 25.1. The first-order valence-electron chi connectivity index (χ1n) is 24.4. The molecule has 0 aliphatic heterocycles. The molecule has 4 aliphatic carbocycles. The smallest absolute Gasteiger partial charge is 0.0726 e. The monoisotopic (exact) mass is 855 g/mol. The number of hydrogen-bond acceptors (Lipinski definition) is 1. The Hall–Kier alpha value is -6.44. The molecular formula is C65H61N. The maximum Gasteiger partial charge on any atom is 0.0726 e. The lowest BCUT2D eigenvalue weighted by Gasteiger charge is -2.44. The van der Waals surface area contributed by atoms with E-state index in [2.05, 4.69) is 236 Å². The molecule has 0 aromatic heterocycles. The highest BCUT2D eigenvalue weighted by Crippen LogP contribution is 2.65. The second-order valence-electron chi connectivity index (χ2n) is 22.5. The van der Waals surface area contributed by atoms with Gasteiger partial charge in [-0.1, -0.05) is 195 Å². The average Bonchev–Trinajstić information content (AvgIpc) is 3.79. The van der Waals surface area contributed by atoms with Crippen LogP contribution in [0, 0.1) is 0 Å². The Morgan fingerprint density at radius 2 is 0.773 bits per heavy atom. The van der Waals surface area contributed by atoms with Crippen molar-refractivity contribution in [1.82, 2.24) is 0 Å². The first-order valence-corrected chi connectivity index (χ1v) is 24.4. The van der Waals surface area contributed by atoms with Crippen LogP contribution in [0.4, 0.5) is 17.1 Å². The standard InChI is InChI=1S/C65H61N/c1-61(2)35-36-63(5,6)58-39-45(33-34-55(58)61)66(44-31-29-43(30-32-44)42-19-10-9-11-20-42)59-41-57-50(40-51(59)49-24-18-28-56-60(49)64(7,8)38-37-62(56,3)4)48-23-14-17-27-54(48)65(57)52-25-15-12-21-46(52)47-22-13-16-26-53(47)65/h9-34,39-41H,35-38H2,1-8H3. The Balaban J connectivity index is 1.22. The van der Waals surface area contributed by atoms with E-state index in [0.29, 0.717) is 0 Å². The number of nitrogens with zero attached hydrogens (tertiary/aromatic N) is 1. The molecule has 0 heterocycles. The van der Waals surface area contributed by atoms with Crippen LogP contribution in [-0.2, 0) is 27.1 Å². The Morgan fingerprint density at radius 1 is 0.303 bits per heavy atom. The molecule has 0 amide bonds. The van der Waals surface area contributed by atoms with E-state index in [9.17, 15) is 0 Å². The lowest BCUT2D eigenvalue weighted by molar-refractivity contribution is 0.332. The Morgan fingerprint density at radius 3 is 1.39 bits per heavy atom. The maximum absolute atomic E-state index is 2.64. The van der Waals surface area contributed by atoms with Crippen LogP contribution in [-0.4, -0.2) is 0 Å².